The molecule has 0 aliphatic carbocycles. The molecule has 1 fully saturated rings. The van der Waals surface area contributed by atoms with Crippen LogP contribution in [0.4, 0.5) is 19.0 Å². The van der Waals surface area contributed by atoms with Crippen LogP contribution in [0.15, 0.2) is 12.1 Å². The molecule has 9 heteroatoms. The van der Waals surface area contributed by atoms with Gasteiger partial charge in [-0.1, -0.05) is 20.8 Å². The van der Waals surface area contributed by atoms with Crippen molar-refractivity contribution in [3.63, 3.8) is 0 Å². The van der Waals surface area contributed by atoms with E-state index in [1.807, 2.05) is 12.1 Å². The molecule has 0 aromatic carbocycles. The number of nitrogens with one attached hydrogen (secondary N) is 1. The van der Waals surface area contributed by atoms with Crippen LogP contribution in [-0.4, -0.2) is 57.1 Å². The molecule has 6 nitrogen and oxygen atoms in total. The summed E-state index contributed by atoms with van der Waals surface area (Å²) in [6.07, 6.45) is -1.56. The van der Waals surface area contributed by atoms with E-state index in [-0.39, 0.29) is 5.41 Å². The van der Waals surface area contributed by atoms with E-state index in [1.165, 1.54) is 4.90 Å². The van der Waals surface area contributed by atoms with Crippen LogP contribution in [0.25, 0.3) is 5.65 Å². The average Bonchev–Trinajstić information content (AvgIpc) is 2.98. The Morgan fingerprint density at radius 3 is 2.44 bits per heavy atom. The predicted molar refractivity (Wildman–Crippen MR) is 97.8 cm³/mol. The minimum Gasteiger partial charge on any atom is -0.369 e. The van der Waals surface area contributed by atoms with Crippen LogP contribution >= 0.6 is 0 Å². The fourth-order valence-corrected chi connectivity index (χ4v) is 3.44. The van der Waals surface area contributed by atoms with E-state index < -0.39 is 12.7 Å². The number of piperidine rings is 1. The van der Waals surface area contributed by atoms with Crippen molar-refractivity contribution >= 4 is 11.5 Å². The van der Waals surface area contributed by atoms with Crippen molar-refractivity contribution in [1.82, 2.24) is 24.7 Å². The minimum absolute atomic E-state index is 0.157. The second-order valence-corrected chi connectivity index (χ2v) is 8.31. The number of likely N-dealkylation sites (tertiary alicyclic amines) is 1. The van der Waals surface area contributed by atoms with Gasteiger partial charge in [0.25, 0.3) is 0 Å². The zero-order chi connectivity index (χ0) is 19.7. The monoisotopic (exact) mass is 384 g/mol. The van der Waals surface area contributed by atoms with Gasteiger partial charge in [0, 0.05) is 12.0 Å². The molecule has 1 saturated heterocycles. The first-order valence-electron chi connectivity index (χ1n) is 9.38. The van der Waals surface area contributed by atoms with Gasteiger partial charge in [0.05, 0.1) is 6.54 Å². The van der Waals surface area contributed by atoms with Gasteiger partial charge in [0.15, 0.2) is 11.5 Å². The van der Waals surface area contributed by atoms with E-state index >= 15 is 0 Å². The standard InChI is InChI=1S/C18H27F3N6/c1-17(2,3)16-24-23-15-5-4-14(25-27(15)16)22-9-6-13-7-10-26(11-8-13)12-18(19,20)21/h4-5,13H,6-12H2,1-3H3,(H,22,25). The van der Waals surface area contributed by atoms with Crippen molar-refractivity contribution in [2.45, 2.75) is 51.6 Å². The normalized spacial score (nSPS) is 17.6. The number of alkyl halides is 3. The predicted octanol–water partition coefficient (Wildman–Crippen LogP) is 3.50. The fourth-order valence-electron chi connectivity index (χ4n) is 3.44. The highest BCUT2D eigenvalue weighted by molar-refractivity contribution is 5.44. The lowest BCUT2D eigenvalue weighted by Crippen LogP contribution is -2.40. The SMILES string of the molecule is CC(C)(C)c1nnc2ccc(NCCC3CCN(CC(F)(F)F)CC3)nn12. The Morgan fingerprint density at radius 2 is 1.81 bits per heavy atom. The van der Waals surface area contributed by atoms with Crippen molar-refractivity contribution in [1.29, 1.82) is 0 Å². The summed E-state index contributed by atoms with van der Waals surface area (Å²) in [6, 6.07) is 3.76. The summed E-state index contributed by atoms with van der Waals surface area (Å²) < 4.78 is 39.1. The Bertz CT molecular complexity index is 757. The van der Waals surface area contributed by atoms with Crippen molar-refractivity contribution in [3.05, 3.63) is 18.0 Å². The van der Waals surface area contributed by atoms with E-state index in [1.54, 1.807) is 4.52 Å². The van der Waals surface area contributed by atoms with Crippen molar-refractivity contribution in [2.24, 2.45) is 5.92 Å². The lowest BCUT2D eigenvalue weighted by molar-refractivity contribution is -0.148. The maximum absolute atomic E-state index is 12.4. The highest BCUT2D eigenvalue weighted by atomic mass is 19.4. The summed E-state index contributed by atoms with van der Waals surface area (Å²) in [4.78, 5) is 1.50. The lowest BCUT2D eigenvalue weighted by atomic mass is 9.93. The summed E-state index contributed by atoms with van der Waals surface area (Å²) in [5.74, 6) is 2.01. The molecule has 0 saturated carbocycles. The largest absolute Gasteiger partial charge is 0.401 e. The molecule has 2 aromatic rings. The number of hydrogen-bond donors (Lipinski definition) is 1. The number of hydrogen-bond acceptors (Lipinski definition) is 5. The van der Waals surface area contributed by atoms with Crippen LogP contribution in [0, 0.1) is 5.92 Å². The molecule has 0 radical (unpaired) electrons. The van der Waals surface area contributed by atoms with Crippen LogP contribution in [-0.2, 0) is 5.41 Å². The Kier molecular flexibility index (Phi) is 5.60. The molecule has 0 spiro atoms. The maximum atomic E-state index is 12.4. The number of rotatable bonds is 5. The van der Waals surface area contributed by atoms with Crippen molar-refractivity contribution < 1.29 is 13.2 Å². The lowest BCUT2D eigenvalue weighted by Gasteiger charge is -2.32. The molecule has 3 rings (SSSR count). The third kappa shape index (κ3) is 5.31. The third-order valence-electron chi connectivity index (χ3n) is 4.90. The van der Waals surface area contributed by atoms with E-state index in [2.05, 4.69) is 41.4 Å². The molecule has 1 aliphatic rings. The Morgan fingerprint density at radius 1 is 1.11 bits per heavy atom. The van der Waals surface area contributed by atoms with Crippen molar-refractivity contribution in [3.8, 4) is 0 Å². The number of aromatic nitrogens is 4. The highest BCUT2D eigenvalue weighted by Gasteiger charge is 2.32. The molecule has 0 amide bonds. The van der Waals surface area contributed by atoms with Gasteiger partial charge in [-0.25, -0.2) is 0 Å². The molecule has 0 bridgehead atoms. The Hall–Kier alpha value is -1.90. The summed E-state index contributed by atoms with van der Waals surface area (Å²) in [7, 11) is 0. The molecular formula is C18H27F3N6. The van der Waals surface area contributed by atoms with E-state index in [0.29, 0.717) is 24.7 Å². The summed E-state index contributed by atoms with van der Waals surface area (Å²) >= 11 is 0. The Labute approximate surface area is 157 Å². The number of halogens is 3. The van der Waals surface area contributed by atoms with Gasteiger partial charge in [0.1, 0.15) is 5.82 Å². The number of anilines is 1. The maximum Gasteiger partial charge on any atom is 0.401 e. The first kappa shape index (κ1) is 19.9. The quantitative estimate of drug-likeness (QED) is 0.855. The smallest absolute Gasteiger partial charge is 0.369 e. The first-order valence-corrected chi connectivity index (χ1v) is 9.38. The number of fused-ring (bicyclic) bond motifs is 1. The molecule has 0 unspecified atom stereocenters. The van der Waals surface area contributed by atoms with E-state index in [4.69, 9.17) is 0 Å². The minimum atomic E-state index is -4.10. The number of nitrogens with zero attached hydrogens (tertiary/aromatic N) is 5. The van der Waals surface area contributed by atoms with E-state index in [0.717, 1.165) is 37.4 Å². The van der Waals surface area contributed by atoms with Crippen molar-refractivity contribution in [2.75, 3.05) is 31.5 Å². The first-order chi connectivity index (χ1) is 12.6. The average molecular weight is 384 g/mol. The summed E-state index contributed by atoms with van der Waals surface area (Å²) in [6.45, 7) is 7.18. The van der Waals surface area contributed by atoms with Crippen LogP contribution < -0.4 is 5.32 Å². The van der Waals surface area contributed by atoms with Gasteiger partial charge in [-0.05, 0) is 50.4 Å². The van der Waals surface area contributed by atoms with Gasteiger partial charge in [0.2, 0.25) is 0 Å². The zero-order valence-corrected chi connectivity index (χ0v) is 16.1. The highest BCUT2D eigenvalue weighted by Crippen LogP contribution is 2.24. The molecular weight excluding hydrogens is 357 g/mol. The molecule has 1 aliphatic heterocycles. The van der Waals surface area contributed by atoms with Gasteiger partial charge < -0.3 is 5.32 Å². The van der Waals surface area contributed by atoms with Crippen LogP contribution in [0.1, 0.15) is 45.9 Å². The van der Waals surface area contributed by atoms with Crippen LogP contribution in [0.5, 0.6) is 0 Å². The molecule has 3 heterocycles. The second-order valence-electron chi connectivity index (χ2n) is 8.31. The molecule has 2 aromatic heterocycles. The molecule has 1 N–H and O–H groups in total. The van der Waals surface area contributed by atoms with Crippen LogP contribution in [0.2, 0.25) is 0 Å². The Balaban J connectivity index is 1.50. The van der Waals surface area contributed by atoms with E-state index in [9.17, 15) is 13.2 Å². The second kappa shape index (κ2) is 7.61. The summed E-state index contributed by atoms with van der Waals surface area (Å²) in [5.41, 5.74) is 0.553. The molecule has 0 atom stereocenters. The molecule has 150 valence electrons. The van der Waals surface area contributed by atoms with Crippen LogP contribution in [0.3, 0.4) is 0 Å². The topological polar surface area (TPSA) is 58.4 Å². The van der Waals surface area contributed by atoms with Gasteiger partial charge in [-0.15, -0.1) is 15.3 Å². The fraction of sp³-hybridized carbons (Fsp3) is 0.722. The van der Waals surface area contributed by atoms with Gasteiger partial charge >= 0.3 is 6.18 Å². The zero-order valence-electron chi connectivity index (χ0n) is 16.1. The summed E-state index contributed by atoms with van der Waals surface area (Å²) in [5, 5.41) is 16.3. The van der Waals surface area contributed by atoms with Gasteiger partial charge in [-0.2, -0.15) is 17.7 Å². The van der Waals surface area contributed by atoms with Gasteiger partial charge in [-0.3, -0.25) is 4.90 Å². The molecule has 27 heavy (non-hydrogen) atoms. The third-order valence-corrected chi connectivity index (χ3v) is 4.90.